The predicted molar refractivity (Wildman–Crippen MR) is 86.5 cm³/mol. The third-order valence-electron chi connectivity index (χ3n) is 2.69. The van der Waals surface area contributed by atoms with E-state index in [4.69, 9.17) is 16.3 Å². The van der Waals surface area contributed by atoms with Crippen molar-refractivity contribution in [2.24, 2.45) is 0 Å². The van der Waals surface area contributed by atoms with E-state index >= 15 is 0 Å². The predicted octanol–water partition coefficient (Wildman–Crippen LogP) is 4.90. The Labute approximate surface area is 132 Å². The number of pyridine rings is 1. The number of nitrogens with zero attached hydrogens (tertiary/aromatic N) is 1. The van der Waals surface area contributed by atoms with Gasteiger partial charge in [0, 0.05) is 6.54 Å². The number of aromatic nitrogens is 1. The first-order chi connectivity index (χ1) is 9.69. The molecule has 5 heteroatoms. The molecule has 0 fully saturated rings. The Kier molecular flexibility index (Phi) is 5.68. The van der Waals surface area contributed by atoms with Crippen molar-refractivity contribution in [2.75, 3.05) is 11.9 Å². The highest BCUT2D eigenvalue weighted by Crippen LogP contribution is 2.23. The monoisotopic (exact) mass is 354 g/mol. The van der Waals surface area contributed by atoms with Crippen LogP contribution in [0.5, 0.6) is 5.75 Å². The normalized spacial score (nSPS) is 10.3. The number of benzene rings is 1. The Morgan fingerprint density at radius 1 is 1.30 bits per heavy atom. The summed E-state index contributed by atoms with van der Waals surface area (Å²) in [5, 5.41) is 3.77. The summed E-state index contributed by atoms with van der Waals surface area (Å²) in [7, 11) is 0. The van der Waals surface area contributed by atoms with E-state index < -0.39 is 0 Å². The molecule has 0 aliphatic heterocycles. The van der Waals surface area contributed by atoms with E-state index in [-0.39, 0.29) is 0 Å². The van der Waals surface area contributed by atoms with Gasteiger partial charge < -0.3 is 10.1 Å². The van der Waals surface area contributed by atoms with Crippen molar-refractivity contribution in [2.45, 2.75) is 19.9 Å². The highest BCUT2D eigenvalue weighted by molar-refractivity contribution is 9.10. The van der Waals surface area contributed by atoms with Gasteiger partial charge in [0.1, 0.15) is 10.9 Å². The minimum absolute atomic E-state index is 0.466. The molecule has 0 atom stereocenters. The SMILES string of the molecule is CCCOc1ccc(CNc2cnc(Cl)c(Br)c2)cc1. The van der Waals surface area contributed by atoms with Gasteiger partial charge in [-0.05, 0) is 46.1 Å². The van der Waals surface area contributed by atoms with Crippen LogP contribution < -0.4 is 10.1 Å². The van der Waals surface area contributed by atoms with Crippen molar-refractivity contribution in [3.63, 3.8) is 0 Å². The van der Waals surface area contributed by atoms with Gasteiger partial charge in [-0.15, -0.1) is 0 Å². The topological polar surface area (TPSA) is 34.1 Å². The first-order valence-electron chi connectivity index (χ1n) is 6.45. The Bertz CT molecular complexity index is 560. The summed E-state index contributed by atoms with van der Waals surface area (Å²) < 4.78 is 6.34. The van der Waals surface area contributed by atoms with Crippen LogP contribution in [0.25, 0.3) is 0 Å². The van der Waals surface area contributed by atoms with Gasteiger partial charge in [-0.1, -0.05) is 30.7 Å². The molecule has 0 unspecified atom stereocenters. The molecular formula is C15H16BrClN2O. The molecule has 2 rings (SSSR count). The van der Waals surface area contributed by atoms with Crippen LogP contribution in [0.3, 0.4) is 0 Å². The van der Waals surface area contributed by atoms with Gasteiger partial charge in [0.2, 0.25) is 0 Å². The molecule has 0 radical (unpaired) electrons. The summed E-state index contributed by atoms with van der Waals surface area (Å²) in [4.78, 5) is 4.07. The fraction of sp³-hybridized carbons (Fsp3) is 0.267. The molecule has 20 heavy (non-hydrogen) atoms. The second-order valence-electron chi connectivity index (χ2n) is 4.34. The molecule has 2 aromatic rings. The number of rotatable bonds is 6. The van der Waals surface area contributed by atoms with Gasteiger partial charge in [0.25, 0.3) is 0 Å². The summed E-state index contributed by atoms with van der Waals surface area (Å²) in [5.74, 6) is 0.909. The van der Waals surface area contributed by atoms with Crippen LogP contribution in [0.1, 0.15) is 18.9 Å². The van der Waals surface area contributed by atoms with E-state index in [9.17, 15) is 0 Å². The van der Waals surface area contributed by atoms with Crippen molar-refractivity contribution < 1.29 is 4.74 Å². The van der Waals surface area contributed by atoms with E-state index in [0.29, 0.717) is 5.15 Å². The zero-order chi connectivity index (χ0) is 14.4. The van der Waals surface area contributed by atoms with Gasteiger partial charge in [-0.25, -0.2) is 4.98 Å². The minimum Gasteiger partial charge on any atom is -0.494 e. The number of nitrogens with one attached hydrogen (secondary N) is 1. The van der Waals surface area contributed by atoms with Crippen LogP contribution in [-0.4, -0.2) is 11.6 Å². The molecule has 0 saturated heterocycles. The van der Waals surface area contributed by atoms with Crippen molar-refractivity contribution in [1.29, 1.82) is 0 Å². The molecule has 1 aromatic carbocycles. The molecule has 0 aliphatic rings. The molecule has 0 aliphatic carbocycles. The van der Waals surface area contributed by atoms with E-state index in [1.54, 1.807) is 6.20 Å². The largest absolute Gasteiger partial charge is 0.494 e. The molecule has 0 spiro atoms. The molecule has 1 N–H and O–H groups in total. The second-order valence-corrected chi connectivity index (χ2v) is 5.55. The molecular weight excluding hydrogens is 340 g/mol. The summed E-state index contributed by atoms with van der Waals surface area (Å²) in [6, 6.07) is 9.99. The summed E-state index contributed by atoms with van der Waals surface area (Å²) >= 11 is 9.21. The Hall–Kier alpha value is -1.26. The molecule has 3 nitrogen and oxygen atoms in total. The van der Waals surface area contributed by atoms with Crippen LogP contribution >= 0.6 is 27.5 Å². The van der Waals surface area contributed by atoms with E-state index in [2.05, 4.69) is 45.3 Å². The quantitative estimate of drug-likeness (QED) is 0.748. The van der Waals surface area contributed by atoms with Crippen LogP contribution in [0.4, 0.5) is 5.69 Å². The van der Waals surface area contributed by atoms with Crippen LogP contribution in [0.2, 0.25) is 5.15 Å². The van der Waals surface area contributed by atoms with Gasteiger partial charge in [-0.2, -0.15) is 0 Å². The maximum absolute atomic E-state index is 5.86. The average molecular weight is 356 g/mol. The second kappa shape index (κ2) is 7.50. The molecule has 0 amide bonds. The van der Waals surface area contributed by atoms with Gasteiger partial charge >= 0.3 is 0 Å². The van der Waals surface area contributed by atoms with Gasteiger partial charge in [0.15, 0.2) is 0 Å². The Balaban J connectivity index is 1.91. The average Bonchev–Trinajstić information content (AvgIpc) is 2.47. The Morgan fingerprint density at radius 2 is 2.05 bits per heavy atom. The van der Waals surface area contributed by atoms with Crippen molar-refractivity contribution >= 4 is 33.2 Å². The highest BCUT2D eigenvalue weighted by atomic mass is 79.9. The first kappa shape index (κ1) is 15.1. The number of ether oxygens (including phenoxy) is 1. The van der Waals surface area contributed by atoms with Crippen molar-refractivity contribution in [1.82, 2.24) is 4.98 Å². The van der Waals surface area contributed by atoms with E-state index in [1.165, 1.54) is 5.56 Å². The standard InChI is InChI=1S/C15H16BrClN2O/c1-2-7-20-13-5-3-11(4-6-13)9-18-12-8-14(16)15(17)19-10-12/h3-6,8,10,18H,2,7,9H2,1H3. The zero-order valence-electron chi connectivity index (χ0n) is 11.2. The zero-order valence-corrected chi connectivity index (χ0v) is 13.5. The highest BCUT2D eigenvalue weighted by Gasteiger charge is 2.01. The third-order valence-corrected chi connectivity index (χ3v) is 3.82. The van der Waals surface area contributed by atoms with Crippen molar-refractivity contribution in [3.8, 4) is 5.75 Å². The summed E-state index contributed by atoms with van der Waals surface area (Å²) in [6.07, 6.45) is 2.73. The lowest BCUT2D eigenvalue weighted by Crippen LogP contribution is -2.00. The minimum atomic E-state index is 0.466. The molecule has 0 bridgehead atoms. The fourth-order valence-electron chi connectivity index (χ4n) is 1.65. The molecule has 0 saturated carbocycles. The lowest BCUT2D eigenvalue weighted by atomic mass is 10.2. The van der Waals surface area contributed by atoms with Crippen LogP contribution in [-0.2, 0) is 6.54 Å². The first-order valence-corrected chi connectivity index (χ1v) is 7.63. The van der Waals surface area contributed by atoms with E-state index in [0.717, 1.165) is 35.5 Å². The van der Waals surface area contributed by atoms with Gasteiger partial charge in [0.05, 0.1) is 23.0 Å². The molecule has 106 valence electrons. The lowest BCUT2D eigenvalue weighted by molar-refractivity contribution is 0.317. The van der Waals surface area contributed by atoms with Crippen LogP contribution in [0, 0.1) is 0 Å². The summed E-state index contributed by atoms with van der Waals surface area (Å²) in [6.45, 7) is 3.57. The Morgan fingerprint density at radius 3 is 2.70 bits per heavy atom. The summed E-state index contributed by atoms with van der Waals surface area (Å²) in [5.41, 5.74) is 2.10. The van der Waals surface area contributed by atoms with Crippen molar-refractivity contribution in [3.05, 3.63) is 51.7 Å². The van der Waals surface area contributed by atoms with Gasteiger partial charge in [-0.3, -0.25) is 0 Å². The maximum Gasteiger partial charge on any atom is 0.143 e. The lowest BCUT2D eigenvalue weighted by Gasteiger charge is -2.08. The number of halogens is 2. The van der Waals surface area contributed by atoms with Crippen LogP contribution in [0.15, 0.2) is 41.0 Å². The third kappa shape index (κ3) is 4.39. The number of anilines is 1. The number of hydrogen-bond donors (Lipinski definition) is 1. The molecule has 1 heterocycles. The molecule has 1 aromatic heterocycles. The number of hydrogen-bond acceptors (Lipinski definition) is 3. The van der Waals surface area contributed by atoms with E-state index in [1.807, 2.05) is 18.2 Å². The fourth-order valence-corrected chi connectivity index (χ4v) is 2.10. The smallest absolute Gasteiger partial charge is 0.143 e. The maximum atomic E-state index is 5.86.